The Morgan fingerprint density at radius 1 is 1.21 bits per heavy atom. The quantitative estimate of drug-likeness (QED) is 0.815. The van der Waals surface area contributed by atoms with Crippen LogP contribution in [0.25, 0.3) is 0 Å². The van der Waals surface area contributed by atoms with Crippen molar-refractivity contribution in [1.82, 2.24) is 4.90 Å². The highest BCUT2D eigenvalue weighted by Gasteiger charge is 2.30. The lowest BCUT2D eigenvalue weighted by atomic mass is 10.0. The molecular formula is C15H16N2OS. The van der Waals surface area contributed by atoms with Crippen LogP contribution >= 0.6 is 11.8 Å². The molecule has 0 spiro atoms. The average Bonchev–Trinajstić information content (AvgIpc) is 2.79. The zero-order valence-electron chi connectivity index (χ0n) is 11.3. The number of hydrogen-bond donors (Lipinski definition) is 0. The number of methoxy groups -OCH3 is 1. The van der Waals surface area contributed by atoms with E-state index < -0.39 is 0 Å². The van der Waals surface area contributed by atoms with Crippen LogP contribution in [0, 0.1) is 0 Å². The van der Waals surface area contributed by atoms with Crippen molar-refractivity contribution in [1.29, 1.82) is 0 Å². The van der Waals surface area contributed by atoms with Crippen LogP contribution in [0.5, 0.6) is 5.75 Å². The Kier molecular flexibility index (Phi) is 3.11. The molecule has 0 aromatic heterocycles. The number of rotatable bonds is 2. The number of fused-ring (bicyclic) bond motifs is 1. The molecule has 0 saturated heterocycles. The van der Waals surface area contributed by atoms with Crippen LogP contribution in [0.2, 0.25) is 0 Å². The normalized spacial score (nSPS) is 21.5. The fraction of sp³-hybridized carbons (Fsp3) is 0.267. The summed E-state index contributed by atoms with van der Waals surface area (Å²) in [6.45, 7) is 4.18. The lowest BCUT2D eigenvalue weighted by molar-refractivity contribution is 0.413. The number of thioether (sulfide) groups is 1. The van der Waals surface area contributed by atoms with Gasteiger partial charge in [0.05, 0.1) is 13.2 Å². The van der Waals surface area contributed by atoms with Gasteiger partial charge in [-0.3, -0.25) is 0 Å². The van der Waals surface area contributed by atoms with E-state index in [9.17, 15) is 0 Å². The highest BCUT2D eigenvalue weighted by atomic mass is 32.2. The molecule has 1 unspecified atom stereocenters. The van der Waals surface area contributed by atoms with Crippen LogP contribution in [-0.4, -0.2) is 17.2 Å². The van der Waals surface area contributed by atoms with Crippen LogP contribution < -0.4 is 4.74 Å². The van der Waals surface area contributed by atoms with Crippen molar-refractivity contribution in [3.8, 4) is 5.75 Å². The zero-order valence-corrected chi connectivity index (χ0v) is 12.1. The fourth-order valence-electron chi connectivity index (χ4n) is 2.36. The first-order valence-electron chi connectivity index (χ1n) is 6.23. The molecule has 0 aliphatic carbocycles. The minimum absolute atomic E-state index is 0.227. The molecule has 0 saturated carbocycles. The number of benzene rings is 1. The molecule has 0 radical (unpaired) electrons. The van der Waals surface area contributed by atoms with Gasteiger partial charge in [0.2, 0.25) is 0 Å². The van der Waals surface area contributed by atoms with Gasteiger partial charge in [0.1, 0.15) is 5.75 Å². The maximum absolute atomic E-state index is 5.22. The third-order valence-corrected chi connectivity index (χ3v) is 4.29. The van der Waals surface area contributed by atoms with Crippen LogP contribution in [-0.2, 0) is 0 Å². The van der Waals surface area contributed by atoms with E-state index in [2.05, 4.69) is 47.4 Å². The smallest absolute Gasteiger partial charge is 0.173 e. The van der Waals surface area contributed by atoms with Gasteiger partial charge in [-0.15, -0.1) is 0 Å². The molecule has 19 heavy (non-hydrogen) atoms. The van der Waals surface area contributed by atoms with Crippen molar-refractivity contribution < 1.29 is 4.74 Å². The van der Waals surface area contributed by atoms with E-state index >= 15 is 0 Å². The van der Waals surface area contributed by atoms with E-state index in [-0.39, 0.29) is 6.04 Å². The lowest BCUT2D eigenvalue weighted by Crippen LogP contribution is -2.30. The number of ether oxygens (including phenoxy) is 1. The van der Waals surface area contributed by atoms with Crippen molar-refractivity contribution in [2.45, 2.75) is 19.9 Å². The number of allylic oxidation sites excluding steroid dienone is 2. The molecule has 1 atom stereocenters. The molecule has 1 aromatic carbocycles. The van der Waals surface area contributed by atoms with E-state index in [1.807, 2.05) is 12.1 Å². The van der Waals surface area contributed by atoms with E-state index in [0.29, 0.717) is 0 Å². The molecule has 2 heterocycles. The summed E-state index contributed by atoms with van der Waals surface area (Å²) in [5.41, 5.74) is 3.57. The van der Waals surface area contributed by atoms with Crippen molar-refractivity contribution in [3.05, 3.63) is 52.7 Å². The Morgan fingerprint density at radius 2 is 1.95 bits per heavy atom. The number of hydrogen-bond acceptors (Lipinski definition) is 4. The van der Waals surface area contributed by atoms with E-state index in [0.717, 1.165) is 16.6 Å². The predicted octanol–water partition coefficient (Wildman–Crippen LogP) is 3.92. The van der Waals surface area contributed by atoms with Crippen LogP contribution in [0.4, 0.5) is 0 Å². The molecule has 4 heteroatoms. The molecule has 0 fully saturated rings. The number of nitrogens with zero attached hydrogens (tertiary/aromatic N) is 2. The average molecular weight is 272 g/mol. The van der Waals surface area contributed by atoms with Gasteiger partial charge in [-0.2, -0.15) is 0 Å². The minimum Gasteiger partial charge on any atom is -0.497 e. The third kappa shape index (κ3) is 2.16. The highest BCUT2D eigenvalue weighted by molar-refractivity contribution is 8.16. The maximum atomic E-state index is 5.22. The van der Waals surface area contributed by atoms with Gasteiger partial charge in [-0.05, 0) is 43.0 Å². The van der Waals surface area contributed by atoms with Gasteiger partial charge < -0.3 is 9.64 Å². The molecule has 3 nitrogen and oxygen atoms in total. The lowest BCUT2D eigenvalue weighted by Gasteiger charge is -2.32. The number of aliphatic imine (C=N–C) groups is 1. The molecular weight excluding hydrogens is 256 g/mol. The third-order valence-electron chi connectivity index (χ3n) is 3.33. The van der Waals surface area contributed by atoms with Gasteiger partial charge in [0.15, 0.2) is 5.17 Å². The van der Waals surface area contributed by atoms with Crippen molar-refractivity contribution >= 4 is 16.9 Å². The molecule has 2 aliphatic rings. The standard InChI is InChI=1S/C15H16N2OS/c1-10-8-14(12-4-6-13(18-3)7-5-12)17-11(2)9-19-15(17)16-10/h4-9,14H,1-3H3. The summed E-state index contributed by atoms with van der Waals surface area (Å²) >= 11 is 1.69. The SMILES string of the molecule is COc1ccc(C2C=C(C)N=C3SC=C(C)N32)cc1. The largest absolute Gasteiger partial charge is 0.497 e. The summed E-state index contributed by atoms with van der Waals surface area (Å²) in [5.74, 6) is 0.886. The van der Waals surface area contributed by atoms with Crippen LogP contribution in [0.3, 0.4) is 0 Å². The van der Waals surface area contributed by atoms with Gasteiger partial charge in [-0.1, -0.05) is 23.9 Å². The summed E-state index contributed by atoms with van der Waals surface area (Å²) in [5, 5.41) is 3.22. The first-order chi connectivity index (χ1) is 9.19. The Hall–Kier alpha value is -1.68. The summed E-state index contributed by atoms with van der Waals surface area (Å²) in [7, 11) is 1.69. The first kappa shape index (κ1) is 12.4. The molecule has 0 amide bonds. The summed E-state index contributed by atoms with van der Waals surface area (Å²) in [6, 6.07) is 8.47. The summed E-state index contributed by atoms with van der Waals surface area (Å²) in [6.07, 6.45) is 2.20. The molecule has 3 rings (SSSR count). The van der Waals surface area contributed by atoms with Gasteiger partial charge in [-0.25, -0.2) is 4.99 Å². The maximum Gasteiger partial charge on any atom is 0.173 e. The fourth-order valence-corrected chi connectivity index (χ4v) is 3.32. The monoisotopic (exact) mass is 272 g/mol. The highest BCUT2D eigenvalue weighted by Crippen LogP contribution is 2.39. The zero-order chi connectivity index (χ0) is 13.4. The Balaban J connectivity index is 1.98. The van der Waals surface area contributed by atoms with Crippen molar-refractivity contribution in [2.24, 2.45) is 4.99 Å². The molecule has 0 N–H and O–H groups in total. The molecule has 1 aromatic rings. The molecule has 0 bridgehead atoms. The second kappa shape index (κ2) is 4.78. The van der Waals surface area contributed by atoms with Crippen molar-refractivity contribution in [3.63, 3.8) is 0 Å². The predicted molar refractivity (Wildman–Crippen MR) is 80.1 cm³/mol. The van der Waals surface area contributed by atoms with Gasteiger partial charge in [0.25, 0.3) is 0 Å². The Bertz CT molecular complexity index is 587. The molecule has 2 aliphatic heterocycles. The van der Waals surface area contributed by atoms with E-state index in [4.69, 9.17) is 4.74 Å². The van der Waals surface area contributed by atoms with Gasteiger partial charge in [0, 0.05) is 11.4 Å². The van der Waals surface area contributed by atoms with E-state index in [1.54, 1.807) is 18.9 Å². The summed E-state index contributed by atoms with van der Waals surface area (Å²) in [4.78, 5) is 6.87. The number of amidine groups is 1. The van der Waals surface area contributed by atoms with E-state index in [1.165, 1.54) is 11.3 Å². The second-order valence-corrected chi connectivity index (χ2v) is 5.50. The Morgan fingerprint density at radius 3 is 2.63 bits per heavy atom. The summed E-state index contributed by atoms with van der Waals surface area (Å²) < 4.78 is 5.22. The first-order valence-corrected chi connectivity index (χ1v) is 7.11. The minimum atomic E-state index is 0.227. The molecule has 98 valence electrons. The van der Waals surface area contributed by atoms with Crippen LogP contribution in [0.15, 0.2) is 52.1 Å². The topological polar surface area (TPSA) is 24.8 Å². The van der Waals surface area contributed by atoms with Gasteiger partial charge >= 0.3 is 0 Å². The Labute approximate surface area is 117 Å². The second-order valence-electron chi connectivity index (χ2n) is 4.67. The van der Waals surface area contributed by atoms with Crippen LogP contribution in [0.1, 0.15) is 25.5 Å². The van der Waals surface area contributed by atoms with Crippen molar-refractivity contribution in [2.75, 3.05) is 7.11 Å².